The summed E-state index contributed by atoms with van der Waals surface area (Å²) in [5, 5.41) is 46.5. The van der Waals surface area contributed by atoms with E-state index in [1.54, 1.807) is 26.2 Å². The standard InChI is InChI=1S/C30H32FN3O8/c1-33(2)22-18-8-13-7-17-20(24(36)19(13)27(38)30(18,41)28(39)21(25(22)37)29(32)40)23(35)16-6-12(9-34-10-14(31)11-34)4-5-15(16)26(17)42-3/h4-6,13-14,18,22,35,37-38,41H,7-11H2,1-3H3,(H2,32,40)/t13-,18-,22-,30-/m0/s1. The molecule has 0 aromatic heterocycles. The summed E-state index contributed by atoms with van der Waals surface area (Å²) in [5.74, 6) is -6.69. The minimum absolute atomic E-state index is 0.0158. The van der Waals surface area contributed by atoms with E-state index in [1.807, 2.05) is 11.0 Å². The number of rotatable bonds is 5. The molecule has 12 heteroatoms. The molecule has 1 heterocycles. The molecule has 1 amide bonds. The Kier molecular flexibility index (Phi) is 6.37. The number of ketones is 2. The van der Waals surface area contributed by atoms with Crippen LogP contribution in [0, 0.1) is 11.8 Å². The van der Waals surface area contributed by atoms with Crippen molar-refractivity contribution in [3.63, 3.8) is 0 Å². The Morgan fingerprint density at radius 3 is 2.48 bits per heavy atom. The molecule has 1 fully saturated rings. The lowest BCUT2D eigenvalue weighted by molar-refractivity contribution is -0.148. The van der Waals surface area contributed by atoms with Crippen molar-refractivity contribution in [1.82, 2.24) is 9.80 Å². The zero-order chi connectivity index (χ0) is 30.4. The van der Waals surface area contributed by atoms with Crippen molar-refractivity contribution in [3.8, 4) is 11.5 Å². The van der Waals surface area contributed by atoms with Crippen LogP contribution in [0.25, 0.3) is 10.8 Å². The van der Waals surface area contributed by atoms with Crippen LogP contribution >= 0.6 is 0 Å². The number of amides is 1. The van der Waals surface area contributed by atoms with Gasteiger partial charge in [0, 0.05) is 47.5 Å². The quantitative estimate of drug-likeness (QED) is 0.325. The van der Waals surface area contributed by atoms with E-state index in [9.17, 15) is 39.2 Å². The lowest BCUT2D eigenvalue weighted by Crippen LogP contribution is -2.63. The van der Waals surface area contributed by atoms with Crippen molar-refractivity contribution in [3.05, 3.63) is 57.6 Å². The molecule has 42 heavy (non-hydrogen) atoms. The number of alkyl halides is 1. The number of methoxy groups -OCH3 is 1. The number of carbonyl (C=O) groups excluding carboxylic acids is 3. The van der Waals surface area contributed by atoms with Crippen molar-refractivity contribution < 1.29 is 43.9 Å². The van der Waals surface area contributed by atoms with E-state index in [2.05, 4.69) is 0 Å². The molecule has 3 aliphatic carbocycles. The molecule has 0 saturated carbocycles. The third kappa shape index (κ3) is 3.71. The second kappa shape index (κ2) is 9.51. The Balaban J connectivity index is 1.52. The van der Waals surface area contributed by atoms with Gasteiger partial charge in [0.15, 0.2) is 11.4 Å². The molecule has 4 atom stereocenters. The first-order valence-corrected chi connectivity index (χ1v) is 13.7. The fourth-order valence-electron chi connectivity index (χ4n) is 7.35. The highest BCUT2D eigenvalue weighted by molar-refractivity contribution is 6.25. The van der Waals surface area contributed by atoms with E-state index in [0.717, 1.165) is 5.56 Å². The van der Waals surface area contributed by atoms with Gasteiger partial charge in [0.25, 0.3) is 5.91 Å². The van der Waals surface area contributed by atoms with Gasteiger partial charge in [-0.15, -0.1) is 0 Å². The molecule has 1 aliphatic heterocycles. The zero-order valence-electron chi connectivity index (χ0n) is 23.3. The first-order valence-electron chi connectivity index (χ1n) is 13.7. The average Bonchev–Trinajstić information content (AvgIpc) is 2.90. The summed E-state index contributed by atoms with van der Waals surface area (Å²) < 4.78 is 19.1. The number of likely N-dealkylation sites (N-methyl/N-ethyl adjacent to an activating group) is 1. The number of aliphatic hydroxyl groups is 3. The minimum atomic E-state index is -2.71. The molecule has 0 bridgehead atoms. The predicted molar refractivity (Wildman–Crippen MR) is 148 cm³/mol. The summed E-state index contributed by atoms with van der Waals surface area (Å²) in [7, 11) is 4.60. The maximum atomic E-state index is 14.1. The number of phenols is 1. The maximum absolute atomic E-state index is 14.1. The number of hydrogen-bond donors (Lipinski definition) is 5. The second-order valence-corrected chi connectivity index (χ2v) is 11.9. The predicted octanol–water partition coefficient (Wildman–Crippen LogP) is 1.44. The topological polar surface area (TPSA) is 174 Å². The van der Waals surface area contributed by atoms with Crippen LogP contribution in [0.1, 0.15) is 27.9 Å². The molecule has 0 unspecified atom stereocenters. The molecule has 6 N–H and O–H groups in total. The van der Waals surface area contributed by atoms with Crippen LogP contribution in [0.3, 0.4) is 0 Å². The van der Waals surface area contributed by atoms with Gasteiger partial charge in [-0.25, -0.2) is 4.39 Å². The number of hydrogen-bond acceptors (Lipinski definition) is 10. The van der Waals surface area contributed by atoms with E-state index in [1.165, 1.54) is 12.0 Å². The number of halogens is 1. The van der Waals surface area contributed by atoms with E-state index in [0.29, 0.717) is 41.7 Å². The largest absolute Gasteiger partial charge is 0.510 e. The number of aromatic hydroxyl groups is 1. The number of Topliss-reactive ketones (excluding diaryl/α,β-unsaturated/α-hetero) is 2. The summed E-state index contributed by atoms with van der Waals surface area (Å²) in [5.41, 5.74) is 2.67. The van der Waals surface area contributed by atoms with Crippen molar-refractivity contribution in [2.45, 2.75) is 37.2 Å². The summed E-state index contributed by atoms with van der Waals surface area (Å²) >= 11 is 0. The van der Waals surface area contributed by atoms with Gasteiger partial charge < -0.3 is 30.9 Å². The molecule has 4 aliphatic rings. The molecule has 0 radical (unpaired) electrons. The summed E-state index contributed by atoms with van der Waals surface area (Å²) in [6.45, 7) is 1.07. The van der Waals surface area contributed by atoms with E-state index in [4.69, 9.17) is 10.5 Å². The highest BCUT2D eigenvalue weighted by Crippen LogP contribution is 2.54. The van der Waals surface area contributed by atoms with E-state index >= 15 is 0 Å². The number of ether oxygens (including phenoxy) is 1. The first kappa shape index (κ1) is 28.1. The van der Waals surface area contributed by atoms with Crippen LogP contribution in [-0.4, -0.2) is 99.8 Å². The molecule has 2 aromatic rings. The van der Waals surface area contributed by atoms with Crippen LogP contribution in [-0.2, 0) is 22.6 Å². The van der Waals surface area contributed by atoms with Gasteiger partial charge >= 0.3 is 0 Å². The maximum Gasteiger partial charge on any atom is 0.255 e. The van der Waals surface area contributed by atoms with Crippen LogP contribution < -0.4 is 10.5 Å². The number of fused-ring (bicyclic) bond motifs is 4. The van der Waals surface area contributed by atoms with Crippen LogP contribution in [0.4, 0.5) is 4.39 Å². The molecule has 222 valence electrons. The monoisotopic (exact) mass is 581 g/mol. The van der Waals surface area contributed by atoms with Crippen molar-refractivity contribution in [1.29, 1.82) is 0 Å². The number of primary amides is 1. The molecule has 0 spiro atoms. The molecular formula is C30H32FN3O8. The zero-order valence-corrected chi connectivity index (χ0v) is 23.3. The highest BCUT2D eigenvalue weighted by Gasteiger charge is 2.63. The van der Waals surface area contributed by atoms with E-state index < -0.39 is 64.2 Å². The van der Waals surface area contributed by atoms with Gasteiger partial charge in [-0.2, -0.15) is 0 Å². The van der Waals surface area contributed by atoms with Crippen LogP contribution in [0.2, 0.25) is 0 Å². The van der Waals surface area contributed by atoms with Crippen LogP contribution in [0.15, 0.2) is 40.9 Å². The SMILES string of the molecule is COc1c2c(c(O)c3cc(CN4CC(F)C4)ccc13)C(=O)C1=C(O)[C@]3(O)C(=O)C(C(N)=O)=C(O)[C@@H](N(C)C)[C@@H]3C[C@@H]1C2. The lowest BCUT2D eigenvalue weighted by atomic mass is 9.58. The van der Waals surface area contributed by atoms with Crippen LogP contribution in [0.5, 0.6) is 11.5 Å². The van der Waals surface area contributed by atoms with Gasteiger partial charge in [-0.1, -0.05) is 12.1 Å². The molecule has 1 saturated heterocycles. The van der Waals surface area contributed by atoms with Crippen molar-refractivity contribution in [2.75, 3.05) is 34.3 Å². The first-order chi connectivity index (χ1) is 19.8. The number of nitrogens with zero attached hydrogens (tertiary/aromatic N) is 2. The third-order valence-corrected chi connectivity index (χ3v) is 9.23. The number of phenolic OH excluding ortho intramolecular Hbond substituents is 1. The van der Waals surface area contributed by atoms with Gasteiger partial charge in [0.1, 0.15) is 34.8 Å². The number of allylic oxidation sites excluding steroid dienone is 1. The Labute approximate surface area is 240 Å². The molecule has 6 rings (SSSR count). The summed E-state index contributed by atoms with van der Waals surface area (Å²) in [4.78, 5) is 43.1. The summed E-state index contributed by atoms with van der Waals surface area (Å²) in [6.07, 6.45) is -0.767. The average molecular weight is 582 g/mol. The van der Waals surface area contributed by atoms with Gasteiger partial charge in [-0.3, -0.25) is 24.2 Å². The Bertz CT molecular complexity index is 1640. The van der Waals surface area contributed by atoms with Gasteiger partial charge in [0.05, 0.1) is 18.7 Å². The van der Waals surface area contributed by atoms with E-state index in [-0.39, 0.29) is 29.7 Å². The number of likely N-dealkylation sites (tertiary alicyclic amines) is 1. The summed E-state index contributed by atoms with van der Waals surface area (Å²) in [6, 6.07) is 4.26. The van der Waals surface area contributed by atoms with Gasteiger partial charge in [0.2, 0.25) is 5.78 Å². The number of nitrogens with two attached hydrogens (primary N) is 1. The lowest BCUT2D eigenvalue weighted by Gasteiger charge is -2.50. The normalized spacial score (nSPS) is 28.1. The fraction of sp³-hybridized carbons (Fsp3) is 0.433. The fourth-order valence-corrected chi connectivity index (χ4v) is 7.35. The number of carbonyl (C=O) groups is 3. The number of benzene rings is 2. The Hall–Kier alpha value is -4.00. The Morgan fingerprint density at radius 1 is 1.19 bits per heavy atom. The Morgan fingerprint density at radius 2 is 1.88 bits per heavy atom. The number of aliphatic hydroxyl groups excluding tert-OH is 2. The minimum Gasteiger partial charge on any atom is -0.510 e. The second-order valence-electron chi connectivity index (χ2n) is 11.9. The molecule has 2 aromatic carbocycles. The smallest absolute Gasteiger partial charge is 0.255 e. The van der Waals surface area contributed by atoms with Crippen molar-refractivity contribution in [2.24, 2.45) is 17.6 Å². The third-order valence-electron chi connectivity index (χ3n) is 9.23. The van der Waals surface area contributed by atoms with Gasteiger partial charge in [-0.05, 0) is 44.5 Å². The molecule has 11 nitrogen and oxygen atoms in total. The highest BCUT2D eigenvalue weighted by atomic mass is 19.1. The van der Waals surface area contributed by atoms with Crippen molar-refractivity contribution >= 4 is 28.2 Å². The molecular weight excluding hydrogens is 549 g/mol.